The standard InChI is InChI=1S/C21H23N3O3S/c1-6-27-21(26)17-10-16(11-22)20(23-14(17)4)28-15(5)19(25)24-18-12(2)8-7-9-13(18)3/h7-10,15H,6H2,1-5H3,(H,24,25). The molecule has 2 aromatic rings. The SMILES string of the molecule is CCOC(=O)c1cc(C#N)c(SC(C)C(=O)Nc2c(C)cccc2C)nc1C. The van der Waals surface area contributed by atoms with Crippen molar-refractivity contribution in [3.05, 3.63) is 52.2 Å². The van der Waals surface area contributed by atoms with Crippen LogP contribution in [0.4, 0.5) is 5.69 Å². The lowest BCUT2D eigenvalue weighted by Crippen LogP contribution is -2.23. The number of carbonyl (C=O) groups excluding carboxylic acids is 2. The predicted molar refractivity (Wildman–Crippen MR) is 110 cm³/mol. The van der Waals surface area contributed by atoms with E-state index in [0.717, 1.165) is 16.8 Å². The fourth-order valence-electron chi connectivity index (χ4n) is 2.63. The van der Waals surface area contributed by atoms with Crippen LogP contribution >= 0.6 is 11.8 Å². The maximum Gasteiger partial charge on any atom is 0.340 e. The number of anilines is 1. The molecule has 7 heteroatoms. The monoisotopic (exact) mass is 397 g/mol. The van der Waals surface area contributed by atoms with Crippen molar-refractivity contribution >= 4 is 29.3 Å². The lowest BCUT2D eigenvalue weighted by atomic mass is 10.1. The van der Waals surface area contributed by atoms with Gasteiger partial charge in [-0.25, -0.2) is 9.78 Å². The number of thioether (sulfide) groups is 1. The zero-order valence-corrected chi connectivity index (χ0v) is 17.4. The molecular weight excluding hydrogens is 374 g/mol. The molecule has 146 valence electrons. The van der Waals surface area contributed by atoms with Crippen LogP contribution in [-0.2, 0) is 9.53 Å². The van der Waals surface area contributed by atoms with Crippen LogP contribution in [0, 0.1) is 32.1 Å². The van der Waals surface area contributed by atoms with Crippen LogP contribution in [0.3, 0.4) is 0 Å². The maximum atomic E-state index is 12.6. The number of pyridine rings is 1. The first kappa shape index (κ1) is 21.5. The number of ether oxygens (including phenoxy) is 1. The van der Waals surface area contributed by atoms with E-state index in [1.807, 2.05) is 38.1 Å². The second-order valence-corrected chi connectivity index (χ2v) is 7.65. The Morgan fingerprint density at radius 2 is 1.93 bits per heavy atom. The minimum absolute atomic E-state index is 0.180. The summed E-state index contributed by atoms with van der Waals surface area (Å²) < 4.78 is 5.00. The summed E-state index contributed by atoms with van der Waals surface area (Å²) in [5.41, 5.74) is 3.72. The van der Waals surface area contributed by atoms with Gasteiger partial charge in [0.1, 0.15) is 11.1 Å². The van der Waals surface area contributed by atoms with Crippen LogP contribution < -0.4 is 5.32 Å². The molecule has 1 N–H and O–H groups in total. The fraction of sp³-hybridized carbons (Fsp3) is 0.333. The molecule has 0 spiro atoms. The van der Waals surface area contributed by atoms with Gasteiger partial charge in [0.15, 0.2) is 0 Å². The second kappa shape index (κ2) is 9.38. The Morgan fingerprint density at radius 1 is 1.29 bits per heavy atom. The zero-order chi connectivity index (χ0) is 20.8. The van der Waals surface area contributed by atoms with Crippen LogP contribution in [0.5, 0.6) is 0 Å². The average Bonchev–Trinajstić information content (AvgIpc) is 2.65. The Bertz CT molecular complexity index is 930. The Kier molecular flexibility index (Phi) is 7.18. The molecule has 6 nitrogen and oxygen atoms in total. The van der Waals surface area contributed by atoms with Crippen molar-refractivity contribution in [2.75, 3.05) is 11.9 Å². The minimum atomic E-state index is -0.513. The van der Waals surface area contributed by atoms with E-state index in [0.29, 0.717) is 10.7 Å². The van der Waals surface area contributed by atoms with E-state index in [1.54, 1.807) is 20.8 Å². The number of hydrogen-bond donors (Lipinski definition) is 1. The number of aryl methyl sites for hydroxylation is 3. The number of benzene rings is 1. The van der Waals surface area contributed by atoms with Gasteiger partial charge in [0.05, 0.1) is 28.7 Å². The summed E-state index contributed by atoms with van der Waals surface area (Å²) in [4.78, 5) is 29.0. The lowest BCUT2D eigenvalue weighted by Gasteiger charge is -2.16. The van der Waals surface area contributed by atoms with E-state index in [1.165, 1.54) is 17.8 Å². The van der Waals surface area contributed by atoms with Crippen LogP contribution in [0.1, 0.15) is 46.6 Å². The quantitative estimate of drug-likeness (QED) is 0.581. The fourth-order valence-corrected chi connectivity index (χ4v) is 3.55. The third kappa shape index (κ3) is 4.90. The van der Waals surface area contributed by atoms with Crippen molar-refractivity contribution in [1.29, 1.82) is 5.26 Å². The molecule has 1 aromatic carbocycles. The van der Waals surface area contributed by atoms with Gasteiger partial charge in [-0.15, -0.1) is 0 Å². The Hall–Kier alpha value is -2.85. The van der Waals surface area contributed by atoms with Crippen LogP contribution in [0.25, 0.3) is 0 Å². The highest BCUT2D eigenvalue weighted by atomic mass is 32.2. The number of para-hydroxylation sites is 1. The predicted octanol–water partition coefficient (Wildman–Crippen LogP) is 4.17. The highest BCUT2D eigenvalue weighted by Gasteiger charge is 2.21. The molecule has 0 aliphatic carbocycles. The lowest BCUT2D eigenvalue weighted by molar-refractivity contribution is -0.115. The number of nitrogens with one attached hydrogen (secondary N) is 1. The number of nitriles is 1. The summed E-state index contributed by atoms with van der Waals surface area (Å²) in [7, 11) is 0. The number of amides is 1. The van der Waals surface area contributed by atoms with Crippen molar-refractivity contribution in [3.8, 4) is 6.07 Å². The van der Waals surface area contributed by atoms with Gasteiger partial charge in [0, 0.05) is 5.69 Å². The Balaban J connectivity index is 2.22. The molecule has 1 atom stereocenters. The summed E-state index contributed by atoms with van der Waals surface area (Å²) in [5, 5.41) is 12.3. The summed E-state index contributed by atoms with van der Waals surface area (Å²) in [6.07, 6.45) is 0. The van der Waals surface area contributed by atoms with Crippen molar-refractivity contribution in [1.82, 2.24) is 4.98 Å². The van der Waals surface area contributed by atoms with Gasteiger partial charge in [-0.3, -0.25) is 4.79 Å². The Morgan fingerprint density at radius 3 is 2.50 bits per heavy atom. The third-order valence-corrected chi connectivity index (χ3v) is 5.28. The van der Waals surface area contributed by atoms with Crippen molar-refractivity contribution < 1.29 is 14.3 Å². The van der Waals surface area contributed by atoms with E-state index in [2.05, 4.69) is 10.3 Å². The summed E-state index contributed by atoms with van der Waals surface area (Å²) in [5.74, 6) is -0.693. The van der Waals surface area contributed by atoms with Crippen LogP contribution in [0.2, 0.25) is 0 Å². The van der Waals surface area contributed by atoms with E-state index in [9.17, 15) is 14.9 Å². The van der Waals surface area contributed by atoms with E-state index >= 15 is 0 Å². The number of carbonyl (C=O) groups is 2. The molecule has 0 fully saturated rings. The van der Waals surface area contributed by atoms with Gasteiger partial charge in [-0.2, -0.15) is 5.26 Å². The molecule has 0 aliphatic rings. The maximum absolute atomic E-state index is 12.6. The number of hydrogen-bond acceptors (Lipinski definition) is 6. The highest BCUT2D eigenvalue weighted by molar-refractivity contribution is 8.00. The molecule has 28 heavy (non-hydrogen) atoms. The molecule has 0 bridgehead atoms. The molecule has 1 heterocycles. The summed E-state index contributed by atoms with van der Waals surface area (Å²) >= 11 is 1.18. The average molecular weight is 398 g/mol. The van der Waals surface area contributed by atoms with Gasteiger partial charge in [-0.05, 0) is 51.8 Å². The first-order chi connectivity index (χ1) is 13.3. The molecule has 1 unspecified atom stereocenters. The number of nitrogens with zero attached hydrogens (tertiary/aromatic N) is 2. The number of aromatic nitrogens is 1. The second-order valence-electron chi connectivity index (χ2n) is 6.32. The smallest absolute Gasteiger partial charge is 0.340 e. The Labute approximate surface area is 169 Å². The van der Waals surface area contributed by atoms with Crippen molar-refractivity contribution in [3.63, 3.8) is 0 Å². The molecule has 1 amide bonds. The molecular formula is C21H23N3O3S. The first-order valence-electron chi connectivity index (χ1n) is 8.91. The van der Waals surface area contributed by atoms with Gasteiger partial charge in [0.2, 0.25) is 5.91 Å². The summed E-state index contributed by atoms with van der Waals surface area (Å²) in [6, 6.07) is 9.34. The van der Waals surface area contributed by atoms with Gasteiger partial charge < -0.3 is 10.1 Å². The normalized spacial score (nSPS) is 11.4. The molecule has 2 rings (SSSR count). The molecule has 0 saturated heterocycles. The van der Waals surface area contributed by atoms with Gasteiger partial charge in [-0.1, -0.05) is 30.0 Å². The van der Waals surface area contributed by atoms with E-state index < -0.39 is 11.2 Å². The van der Waals surface area contributed by atoms with Crippen molar-refractivity contribution in [2.45, 2.75) is 44.9 Å². The third-order valence-electron chi connectivity index (χ3n) is 4.18. The number of esters is 1. The van der Waals surface area contributed by atoms with E-state index in [4.69, 9.17) is 4.74 Å². The van der Waals surface area contributed by atoms with Crippen LogP contribution in [0.15, 0.2) is 29.3 Å². The van der Waals surface area contributed by atoms with E-state index in [-0.39, 0.29) is 23.6 Å². The number of rotatable bonds is 6. The molecule has 1 aromatic heterocycles. The summed E-state index contributed by atoms with van der Waals surface area (Å²) in [6.45, 7) is 9.27. The van der Waals surface area contributed by atoms with Crippen molar-refractivity contribution in [2.24, 2.45) is 0 Å². The highest BCUT2D eigenvalue weighted by Crippen LogP contribution is 2.28. The topological polar surface area (TPSA) is 92.1 Å². The van der Waals surface area contributed by atoms with Gasteiger partial charge in [0.25, 0.3) is 0 Å². The molecule has 0 saturated carbocycles. The minimum Gasteiger partial charge on any atom is -0.462 e. The largest absolute Gasteiger partial charge is 0.462 e. The molecule has 0 radical (unpaired) electrons. The van der Waals surface area contributed by atoms with Crippen LogP contribution in [-0.4, -0.2) is 28.7 Å². The van der Waals surface area contributed by atoms with Gasteiger partial charge >= 0.3 is 5.97 Å². The zero-order valence-electron chi connectivity index (χ0n) is 16.6. The first-order valence-corrected chi connectivity index (χ1v) is 9.79. The molecule has 0 aliphatic heterocycles.